The molecule has 0 saturated carbocycles. The molecule has 2 saturated heterocycles. The number of nitrogens with one attached hydrogen (secondary N) is 1. The van der Waals surface area contributed by atoms with Crippen LogP contribution in [0.25, 0.3) is 10.9 Å². The van der Waals surface area contributed by atoms with Crippen LogP contribution in [-0.4, -0.2) is 49.8 Å². The summed E-state index contributed by atoms with van der Waals surface area (Å²) in [5.41, 5.74) is 1.29. The van der Waals surface area contributed by atoms with Crippen LogP contribution in [0.3, 0.4) is 0 Å². The SMILES string of the molecule is O=C(Nc1ccc(F)cc1)[C@@H]1CCCN(c2ccc3cc(S(=O)(=O)N4CCCC4)ccc3n2)C1. The summed E-state index contributed by atoms with van der Waals surface area (Å²) >= 11 is 0. The van der Waals surface area contributed by atoms with Crippen molar-refractivity contribution in [2.75, 3.05) is 36.4 Å². The van der Waals surface area contributed by atoms with Crippen molar-refractivity contribution in [2.24, 2.45) is 5.92 Å². The molecule has 0 unspecified atom stereocenters. The Bertz CT molecular complexity index is 1310. The van der Waals surface area contributed by atoms with Crippen LogP contribution < -0.4 is 10.2 Å². The van der Waals surface area contributed by atoms with Gasteiger partial charge < -0.3 is 10.2 Å². The quantitative estimate of drug-likeness (QED) is 0.594. The summed E-state index contributed by atoms with van der Waals surface area (Å²) in [6.07, 6.45) is 3.43. The first-order valence-electron chi connectivity index (χ1n) is 11.6. The molecule has 0 bridgehead atoms. The molecule has 0 spiro atoms. The second-order valence-electron chi connectivity index (χ2n) is 8.92. The van der Waals surface area contributed by atoms with Crippen molar-refractivity contribution >= 4 is 38.3 Å². The van der Waals surface area contributed by atoms with E-state index in [1.807, 2.05) is 12.1 Å². The zero-order chi connectivity index (χ0) is 23.7. The van der Waals surface area contributed by atoms with Gasteiger partial charge in [0.1, 0.15) is 11.6 Å². The highest BCUT2D eigenvalue weighted by atomic mass is 32.2. The van der Waals surface area contributed by atoms with Gasteiger partial charge in [0.25, 0.3) is 0 Å². The van der Waals surface area contributed by atoms with Gasteiger partial charge in [0.2, 0.25) is 15.9 Å². The van der Waals surface area contributed by atoms with Gasteiger partial charge in [-0.2, -0.15) is 4.31 Å². The zero-order valence-electron chi connectivity index (χ0n) is 18.8. The number of nitrogens with zero attached hydrogens (tertiary/aromatic N) is 3. The van der Waals surface area contributed by atoms with Gasteiger partial charge in [-0.25, -0.2) is 17.8 Å². The highest BCUT2D eigenvalue weighted by Crippen LogP contribution is 2.28. The molecule has 7 nitrogen and oxygen atoms in total. The predicted octanol–water partition coefficient (Wildman–Crippen LogP) is 4.01. The fourth-order valence-electron chi connectivity index (χ4n) is 4.68. The number of hydrogen-bond donors (Lipinski definition) is 1. The van der Waals surface area contributed by atoms with Gasteiger partial charge in [0.15, 0.2) is 0 Å². The molecular weight excluding hydrogens is 455 g/mol. The number of fused-ring (bicyclic) bond motifs is 1. The lowest BCUT2D eigenvalue weighted by Gasteiger charge is -2.33. The summed E-state index contributed by atoms with van der Waals surface area (Å²) < 4.78 is 40.4. The molecule has 1 atom stereocenters. The Morgan fingerprint density at radius 2 is 1.74 bits per heavy atom. The number of carbonyl (C=O) groups is 1. The minimum atomic E-state index is -3.48. The lowest BCUT2D eigenvalue weighted by atomic mass is 9.97. The number of carbonyl (C=O) groups excluding carboxylic acids is 1. The number of rotatable bonds is 5. The largest absolute Gasteiger partial charge is 0.356 e. The fourth-order valence-corrected chi connectivity index (χ4v) is 6.24. The third-order valence-corrected chi connectivity index (χ3v) is 8.47. The van der Waals surface area contributed by atoms with E-state index in [4.69, 9.17) is 4.98 Å². The number of anilines is 2. The summed E-state index contributed by atoms with van der Waals surface area (Å²) in [5.74, 6) is 0.130. The Balaban J connectivity index is 1.31. The molecule has 0 radical (unpaired) electrons. The topological polar surface area (TPSA) is 82.6 Å². The molecule has 1 N–H and O–H groups in total. The van der Waals surface area contributed by atoms with E-state index in [0.29, 0.717) is 30.2 Å². The molecule has 1 aromatic heterocycles. The monoisotopic (exact) mass is 482 g/mol. The molecule has 2 aliphatic rings. The van der Waals surface area contributed by atoms with Gasteiger partial charge in [-0.1, -0.05) is 0 Å². The zero-order valence-corrected chi connectivity index (χ0v) is 19.6. The van der Waals surface area contributed by atoms with E-state index < -0.39 is 10.0 Å². The highest BCUT2D eigenvalue weighted by Gasteiger charge is 2.28. The van der Waals surface area contributed by atoms with Crippen LogP contribution in [-0.2, 0) is 14.8 Å². The summed E-state index contributed by atoms with van der Waals surface area (Å²) in [6, 6.07) is 14.6. The second kappa shape index (κ2) is 9.31. The minimum absolute atomic E-state index is 0.0890. The minimum Gasteiger partial charge on any atom is -0.356 e. The lowest BCUT2D eigenvalue weighted by molar-refractivity contribution is -0.120. The van der Waals surface area contributed by atoms with E-state index in [1.54, 1.807) is 34.6 Å². The molecule has 5 rings (SSSR count). The smallest absolute Gasteiger partial charge is 0.243 e. The Hall–Kier alpha value is -3.04. The number of piperidine rings is 1. The van der Waals surface area contributed by atoms with Crippen molar-refractivity contribution in [2.45, 2.75) is 30.6 Å². The van der Waals surface area contributed by atoms with Crippen LogP contribution in [0.4, 0.5) is 15.9 Å². The van der Waals surface area contributed by atoms with Gasteiger partial charge in [-0.3, -0.25) is 4.79 Å². The predicted molar refractivity (Wildman–Crippen MR) is 130 cm³/mol. The fraction of sp³-hybridized carbons (Fsp3) is 0.360. The molecule has 3 heterocycles. The number of benzene rings is 2. The van der Waals surface area contributed by atoms with Gasteiger partial charge in [0, 0.05) is 37.3 Å². The average molecular weight is 483 g/mol. The molecule has 34 heavy (non-hydrogen) atoms. The summed E-state index contributed by atoms with van der Waals surface area (Å²) in [5, 5.41) is 3.64. The van der Waals surface area contributed by atoms with Crippen LogP contribution in [0.2, 0.25) is 0 Å². The molecule has 2 aromatic carbocycles. The van der Waals surface area contributed by atoms with E-state index in [-0.39, 0.29) is 17.6 Å². The van der Waals surface area contributed by atoms with E-state index in [0.717, 1.165) is 48.9 Å². The van der Waals surface area contributed by atoms with Gasteiger partial charge in [-0.15, -0.1) is 0 Å². The van der Waals surface area contributed by atoms with E-state index >= 15 is 0 Å². The van der Waals surface area contributed by atoms with E-state index in [2.05, 4.69) is 10.2 Å². The van der Waals surface area contributed by atoms with Gasteiger partial charge >= 0.3 is 0 Å². The maximum absolute atomic E-state index is 13.1. The van der Waals surface area contributed by atoms with Crippen LogP contribution in [0.15, 0.2) is 59.5 Å². The van der Waals surface area contributed by atoms with Crippen LogP contribution in [0, 0.1) is 11.7 Å². The maximum atomic E-state index is 13.1. The number of sulfonamides is 1. The number of aromatic nitrogens is 1. The molecule has 1 amide bonds. The molecule has 2 fully saturated rings. The first kappa shape index (κ1) is 22.7. The summed E-state index contributed by atoms with van der Waals surface area (Å²) in [6.45, 7) is 2.47. The molecule has 2 aliphatic heterocycles. The van der Waals surface area contributed by atoms with Crippen molar-refractivity contribution in [3.05, 3.63) is 60.4 Å². The van der Waals surface area contributed by atoms with Gasteiger partial charge in [-0.05, 0) is 80.3 Å². The van der Waals surface area contributed by atoms with E-state index in [1.165, 1.54) is 12.1 Å². The first-order chi connectivity index (χ1) is 16.4. The first-order valence-corrected chi connectivity index (χ1v) is 13.1. The average Bonchev–Trinajstić information content (AvgIpc) is 3.41. The Morgan fingerprint density at radius 1 is 0.971 bits per heavy atom. The van der Waals surface area contributed by atoms with Crippen molar-refractivity contribution in [3.8, 4) is 0 Å². The summed E-state index contributed by atoms with van der Waals surface area (Å²) in [7, 11) is -3.48. The molecule has 178 valence electrons. The molecule has 0 aliphatic carbocycles. The standard InChI is InChI=1S/C25H27FN4O3S/c26-20-6-8-21(9-7-20)27-25(31)19-4-3-13-29(17-19)24-12-5-18-16-22(10-11-23(18)28-24)34(32,33)30-14-1-2-15-30/h5-12,16,19H,1-4,13-15,17H2,(H,27,31)/t19-/m1/s1. The van der Waals surface area contributed by atoms with Crippen LogP contribution in [0.5, 0.6) is 0 Å². The third-order valence-electron chi connectivity index (χ3n) is 6.58. The van der Waals surface area contributed by atoms with E-state index in [9.17, 15) is 17.6 Å². The Morgan fingerprint density at radius 3 is 2.50 bits per heavy atom. The number of hydrogen-bond acceptors (Lipinski definition) is 5. The molecular formula is C25H27FN4O3S. The maximum Gasteiger partial charge on any atom is 0.243 e. The Labute approximate surface area is 198 Å². The number of pyridine rings is 1. The number of halogens is 1. The normalized spacial score (nSPS) is 19.4. The number of amides is 1. The van der Waals surface area contributed by atoms with Crippen molar-refractivity contribution in [3.63, 3.8) is 0 Å². The second-order valence-corrected chi connectivity index (χ2v) is 10.9. The van der Waals surface area contributed by atoms with Crippen LogP contribution >= 0.6 is 0 Å². The summed E-state index contributed by atoms with van der Waals surface area (Å²) in [4.78, 5) is 19.9. The van der Waals surface area contributed by atoms with Crippen molar-refractivity contribution in [1.82, 2.24) is 9.29 Å². The molecule has 9 heteroatoms. The highest BCUT2D eigenvalue weighted by molar-refractivity contribution is 7.89. The van der Waals surface area contributed by atoms with Gasteiger partial charge in [0.05, 0.1) is 16.3 Å². The Kier molecular flexibility index (Phi) is 6.22. The third kappa shape index (κ3) is 4.63. The lowest BCUT2D eigenvalue weighted by Crippen LogP contribution is -2.41. The van der Waals surface area contributed by atoms with Crippen LogP contribution in [0.1, 0.15) is 25.7 Å². The van der Waals surface area contributed by atoms with Crippen molar-refractivity contribution < 1.29 is 17.6 Å². The van der Waals surface area contributed by atoms with Crippen molar-refractivity contribution in [1.29, 1.82) is 0 Å². The molecule has 3 aromatic rings.